The molecule has 3 rings (SSSR count). The molecule has 8 heteroatoms. The molecule has 1 saturated heterocycles. The Labute approximate surface area is 164 Å². The maximum absolute atomic E-state index is 13.6. The van der Waals surface area contributed by atoms with Crippen LogP contribution < -0.4 is 5.32 Å². The van der Waals surface area contributed by atoms with Gasteiger partial charge in [-0.25, -0.2) is 12.8 Å². The first kappa shape index (κ1) is 21.3. The zero-order chi connectivity index (χ0) is 18.9. The van der Waals surface area contributed by atoms with Crippen molar-refractivity contribution in [2.45, 2.75) is 17.9 Å². The SMILES string of the molecule is Cc1ccc(C(=O)N2CCNCC2c2cccc(F)c2)cc1S(C)(=O)=O.Cl. The van der Waals surface area contributed by atoms with Gasteiger partial charge in [0.2, 0.25) is 0 Å². The molecule has 1 fully saturated rings. The molecule has 1 heterocycles. The van der Waals surface area contributed by atoms with E-state index in [-0.39, 0.29) is 35.1 Å². The molecule has 2 aromatic carbocycles. The second-order valence-electron chi connectivity index (χ2n) is 6.53. The topological polar surface area (TPSA) is 66.5 Å². The summed E-state index contributed by atoms with van der Waals surface area (Å²) in [6, 6.07) is 10.6. The molecule has 0 bridgehead atoms. The van der Waals surface area contributed by atoms with Gasteiger partial charge in [0.1, 0.15) is 5.82 Å². The average Bonchev–Trinajstić information content (AvgIpc) is 2.60. The molecule has 146 valence electrons. The number of benzene rings is 2. The minimum absolute atomic E-state index is 0. The first-order valence-corrected chi connectivity index (χ1v) is 10.2. The fourth-order valence-electron chi connectivity index (χ4n) is 3.26. The first-order chi connectivity index (χ1) is 12.3. The Hall–Kier alpha value is -1.96. The molecule has 0 radical (unpaired) electrons. The summed E-state index contributed by atoms with van der Waals surface area (Å²) in [4.78, 5) is 14.9. The minimum Gasteiger partial charge on any atom is -0.329 e. The predicted molar refractivity (Wildman–Crippen MR) is 105 cm³/mol. The number of sulfone groups is 1. The Bertz CT molecular complexity index is 950. The molecule has 1 unspecified atom stereocenters. The van der Waals surface area contributed by atoms with Gasteiger partial charge in [0.25, 0.3) is 5.91 Å². The van der Waals surface area contributed by atoms with Gasteiger partial charge in [0.05, 0.1) is 10.9 Å². The van der Waals surface area contributed by atoms with Gasteiger partial charge in [0, 0.05) is 31.5 Å². The molecular weight excluding hydrogens is 391 g/mol. The van der Waals surface area contributed by atoms with Gasteiger partial charge < -0.3 is 10.2 Å². The van der Waals surface area contributed by atoms with Crippen LogP contribution in [0.2, 0.25) is 0 Å². The monoisotopic (exact) mass is 412 g/mol. The van der Waals surface area contributed by atoms with E-state index in [4.69, 9.17) is 0 Å². The third-order valence-electron chi connectivity index (χ3n) is 4.57. The number of hydrogen-bond acceptors (Lipinski definition) is 4. The van der Waals surface area contributed by atoms with Crippen molar-refractivity contribution in [1.82, 2.24) is 10.2 Å². The zero-order valence-electron chi connectivity index (χ0n) is 15.1. The predicted octanol–water partition coefficient (Wildman–Crippen LogP) is 2.75. The number of halogens is 2. The van der Waals surface area contributed by atoms with Crippen molar-refractivity contribution in [2.24, 2.45) is 0 Å². The van der Waals surface area contributed by atoms with Gasteiger partial charge in [-0.1, -0.05) is 18.2 Å². The number of hydrogen-bond donors (Lipinski definition) is 1. The summed E-state index contributed by atoms with van der Waals surface area (Å²) in [5.74, 6) is -0.610. The maximum Gasteiger partial charge on any atom is 0.254 e. The smallest absolute Gasteiger partial charge is 0.254 e. The molecule has 1 amide bonds. The van der Waals surface area contributed by atoms with Crippen LogP contribution in [0.4, 0.5) is 4.39 Å². The van der Waals surface area contributed by atoms with Crippen molar-refractivity contribution in [2.75, 3.05) is 25.9 Å². The molecular formula is C19H22ClFN2O3S. The van der Waals surface area contributed by atoms with Crippen LogP contribution in [0.3, 0.4) is 0 Å². The number of carbonyl (C=O) groups is 1. The number of aryl methyl sites for hydroxylation is 1. The van der Waals surface area contributed by atoms with Crippen molar-refractivity contribution in [3.05, 3.63) is 65.0 Å². The number of amides is 1. The highest BCUT2D eigenvalue weighted by molar-refractivity contribution is 7.90. The highest BCUT2D eigenvalue weighted by atomic mass is 35.5. The van der Waals surface area contributed by atoms with E-state index in [1.807, 2.05) is 0 Å². The van der Waals surface area contributed by atoms with Crippen molar-refractivity contribution in [1.29, 1.82) is 0 Å². The molecule has 0 aromatic heterocycles. The van der Waals surface area contributed by atoms with E-state index in [1.54, 1.807) is 36.1 Å². The maximum atomic E-state index is 13.6. The summed E-state index contributed by atoms with van der Waals surface area (Å²) in [5, 5.41) is 3.22. The van der Waals surface area contributed by atoms with Gasteiger partial charge in [-0.2, -0.15) is 0 Å². The fraction of sp³-hybridized carbons (Fsp3) is 0.316. The lowest BCUT2D eigenvalue weighted by atomic mass is 10.0. The highest BCUT2D eigenvalue weighted by Gasteiger charge is 2.29. The molecule has 5 nitrogen and oxygen atoms in total. The number of nitrogens with zero attached hydrogens (tertiary/aromatic N) is 1. The molecule has 1 atom stereocenters. The number of rotatable bonds is 3. The molecule has 0 spiro atoms. The van der Waals surface area contributed by atoms with E-state index in [2.05, 4.69) is 5.32 Å². The second kappa shape index (κ2) is 8.37. The van der Waals surface area contributed by atoms with Crippen LogP contribution in [0.1, 0.15) is 27.5 Å². The lowest BCUT2D eigenvalue weighted by molar-refractivity contribution is 0.0633. The third kappa shape index (κ3) is 4.66. The zero-order valence-corrected chi connectivity index (χ0v) is 16.7. The van der Waals surface area contributed by atoms with Crippen molar-refractivity contribution in [3.63, 3.8) is 0 Å². The Kier molecular flexibility index (Phi) is 6.62. The van der Waals surface area contributed by atoms with Crippen LogP contribution in [0, 0.1) is 12.7 Å². The molecule has 27 heavy (non-hydrogen) atoms. The van der Waals surface area contributed by atoms with E-state index < -0.39 is 9.84 Å². The van der Waals surface area contributed by atoms with Gasteiger partial charge in [0.15, 0.2) is 9.84 Å². The van der Waals surface area contributed by atoms with E-state index in [1.165, 1.54) is 18.2 Å². The van der Waals surface area contributed by atoms with Crippen molar-refractivity contribution >= 4 is 28.2 Å². The van der Waals surface area contributed by atoms with Crippen LogP contribution in [-0.4, -0.2) is 45.1 Å². The highest BCUT2D eigenvalue weighted by Crippen LogP contribution is 2.26. The molecule has 1 aliphatic rings. The van der Waals surface area contributed by atoms with Crippen molar-refractivity contribution in [3.8, 4) is 0 Å². The van der Waals surface area contributed by atoms with Gasteiger partial charge in [-0.15, -0.1) is 12.4 Å². The standard InChI is InChI=1S/C19H21FN2O3S.ClH/c1-13-6-7-15(11-18(13)26(2,24)25)19(23)22-9-8-21-12-17(22)14-4-3-5-16(20)10-14;/h3-7,10-11,17,21H,8-9,12H2,1-2H3;1H. The summed E-state index contributed by atoms with van der Waals surface area (Å²) in [5.41, 5.74) is 1.63. The van der Waals surface area contributed by atoms with E-state index >= 15 is 0 Å². The molecule has 1 N–H and O–H groups in total. The molecule has 0 aliphatic carbocycles. The molecule has 1 aliphatic heterocycles. The van der Waals surface area contributed by atoms with Crippen molar-refractivity contribution < 1.29 is 17.6 Å². The Morgan fingerprint density at radius 2 is 1.96 bits per heavy atom. The van der Waals surface area contributed by atoms with Crippen LogP contribution in [-0.2, 0) is 9.84 Å². The molecule has 2 aromatic rings. The number of piperazine rings is 1. The van der Waals surface area contributed by atoms with E-state index in [0.717, 1.165) is 6.26 Å². The number of carbonyl (C=O) groups excluding carboxylic acids is 1. The van der Waals surface area contributed by atoms with E-state index in [0.29, 0.717) is 36.3 Å². The third-order valence-corrected chi connectivity index (χ3v) is 5.81. The van der Waals surface area contributed by atoms with Crippen LogP contribution in [0.5, 0.6) is 0 Å². The molecule has 0 saturated carbocycles. The largest absolute Gasteiger partial charge is 0.329 e. The lowest BCUT2D eigenvalue weighted by Gasteiger charge is -2.36. The first-order valence-electron chi connectivity index (χ1n) is 8.35. The fourth-order valence-corrected chi connectivity index (χ4v) is 4.25. The normalized spacial score (nSPS) is 17.3. The Morgan fingerprint density at radius 3 is 2.63 bits per heavy atom. The summed E-state index contributed by atoms with van der Waals surface area (Å²) in [6.45, 7) is 3.30. The average molecular weight is 413 g/mol. The second-order valence-corrected chi connectivity index (χ2v) is 8.51. The minimum atomic E-state index is -3.42. The van der Waals surface area contributed by atoms with Gasteiger partial charge in [-0.3, -0.25) is 4.79 Å². The Morgan fingerprint density at radius 1 is 1.22 bits per heavy atom. The van der Waals surface area contributed by atoms with Gasteiger partial charge >= 0.3 is 0 Å². The van der Waals surface area contributed by atoms with Gasteiger partial charge in [-0.05, 0) is 42.3 Å². The lowest BCUT2D eigenvalue weighted by Crippen LogP contribution is -2.48. The van der Waals surface area contributed by atoms with Crippen LogP contribution in [0.25, 0.3) is 0 Å². The van der Waals surface area contributed by atoms with Crippen LogP contribution >= 0.6 is 12.4 Å². The summed E-state index contributed by atoms with van der Waals surface area (Å²) in [6.07, 6.45) is 1.13. The summed E-state index contributed by atoms with van der Waals surface area (Å²) in [7, 11) is -3.42. The summed E-state index contributed by atoms with van der Waals surface area (Å²) >= 11 is 0. The quantitative estimate of drug-likeness (QED) is 0.841. The summed E-state index contributed by atoms with van der Waals surface area (Å²) < 4.78 is 37.5. The number of nitrogens with one attached hydrogen (secondary N) is 1. The van der Waals surface area contributed by atoms with E-state index in [9.17, 15) is 17.6 Å². The Balaban J connectivity index is 0.00000261. The van der Waals surface area contributed by atoms with Crippen LogP contribution in [0.15, 0.2) is 47.4 Å².